The number of carbonyl (C=O) groups is 1. The van der Waals surface area contributed by atoms with Crippen molar-refractivity contribution in [1.82, 2.24) is 9.62 Å². The molecule has 3 rings (SSSR count). The van der Waals surface area contributed by atoms with E-state index in [9.17, 15) is 13.2 Å². The number of hydrogen-bond acceptors (Lipinski definition) is 4. The first kappa shape index (κ1) is 19.2. The van der Waals surface area contributed by atoms with Gasteiger partial charge in [0.25, 0.3) is 0 Å². The largest absolute Gasteiger partial charge is 0.380 e. The molecule has 0 spiro atoms. The molecule has 1 atom stereocenters. The number of urea groups is 1. The van der Waals surface area contributed by atoms with Gasteiger partial charge in [0.05, 0.1) is 4.90 Å². The van der Waals surface area contributed by atoms with E-state index in [1.165, 1.54) is 19.2 Å². The van der Waals surface area contributed by atoms with Gasteiger partial charge in [-0.3, -0.25) is 0 Å². The highest BCUT2D eigenvalue weighted by molar-refractivity contribution is 7.89. The van der Waals surface area contributed by atoms with Crippen molar-refractivity contribution in [3.05, 3.63) is 54.1 Å². The third-order valence-electron chi connectivity index (χ3n) is 4.65. The minimum Gasteiger partial charge on any atom is -0.380 e. The molecule has 1 aliphatic rings. The van der Waals surface area contributed by atoms with Crippen LogP contribution < -0.4 is 15.4 Å². The number of aryl methyl sites for hydroxylation is 1. The first-order valence-corrected chi connectivity index (χ1v) is 10.3. The molecule has 0 aromatic heterocycles. The molecule has 0 radical (unpaired) electrons. The van der Waals surface area contributed by atoms with Gasteiger partial charge in [-0.1, -0.05) is 24.3 Å². The minimum absolute atomic E-state index is 0.121. The van der Waals surface area contributed by atoms with Gasteiger partial charge in [0.2, 0.25) is 10.0 Å². The zero-order valence-corrected chi connectivity index (χ0v) is 16.2. The molecular weight excluding hydrogens is 364 g/mol. The molecule has 3 N–H and O–H groups in total. The van der Waals surface area contributed by atoms with Crippen LogP contribution in [0.4, 0.5) is 16.2 Å². The Morgan fingerprint density at radius 1 is 1.15 bits per heavy atom. The SMILES string of the molecule is CNS(=O)(=O)c1ccc(C)c(NC(=O)N2CCC(Nc3ccccc3)C2)c1. The molecule has 144 valence electrons. The van der Waals surface area contributed by atoms with Gasteiger partial charge in [0.1, 0.15) is 0 Å². The van der Waals surface area contributed by atoms with Gasteiger partial charge < -0.3 is 15.5 Å². The molecule has 0 saturated carbocycles. The molecule has 1 saturated heterocycles. The van der Waals surface area contributed by atoms with Crippen LogP contribution in [0.5, 0.6) is 0 Å². The lowest BCUT2D eigenvalue weighted by atomic mass is 10.2. The predicted molar refractivity (Wildman–Crippen MR) is 106 cm³/mol. The average Bonchev–Trinajstić information content (AvgIpc) is 3.13. The van der Waals surface area contributed by atoms with Crippen LogP contribution in [-0.2, 0) is 10.0 Å². The van der Waals surface area contributed by atoms with Crippen molar-refractivity contribution < 1.29 is 13.2 Å². The fourth-order valence-corrected chi connectivity index (χ4v) is 3.80. The van der Waals surface area contributed by atoms with Crippen LogP contribution in [0.2, 0.25) is 0 Å². The van der Waals surface area contributed by atoms with E-state index in [4.69, 9.17) is 0 Å². The number of para-hydroxylation sites is 1. The lowest BCUT2D eigenvalue weighted by molar-refractivity contribution is 0.222. The Morgan fingerprint density at radius 2 is 1.89 bits per heavy atom. The number of carbonyl (C=O) groups excluding carboxylic acids is 1. The lowest BCUT2D eigenvalue weighted by Crippen LogP contribution is -2.35. The first-order valence-electron chi connectivity index (χ1n) is 8.81. The lowest BCUT2D eigenvalue weighted by Gasteiger charge is -2.19. The summed E-state index contributed by atoms with van der Waals surface area (Å²) < 4.78 is 26.2. The molecule has 2 amide bonds. The highest BCUT2D eigenvalue weighted by Crippen LogP contribution is 2.22. The zero-order valence-electron chi connectivity index (χ0n) is 15.4. The van der Waals surface area contributed by atoms with Crippen LogP contribution in [0.3, 0.4) is 0 Å². The van der Waals surface area contributed by atoms with Gasteiger partial charge in [-0.2, -0.15) is 0 Å². The molecule has 1 aliphatic heterocycles. The van der Waals surface area contributed by atoms with E-state index in [-0.39, 0.29) is 17.0 Å². The molecule has 27 heavy (non-hydrogen) atoms. The van der Waals surface area contributed by atoms with Gasteiger partial charge in [-0.15, -0.1) is 0 Å². The second-order valence-electron chi connectivity index (χ2n) is 6.56. The zero-order chi connectivity index (χ0) is 19.4. The van der Waals surface area contributed by atoms with Crippen LogP contribution in [-0.4, -0.2) is 45.5 Å². The number of amides is 2. The number of rotatable bonds is 5. The Morgan fingerprint density at radius 3 is 2.59 bits per heavy atom. The average molecular weight is 388 g/mol. The quantitative estimate of drug-likeness (QED) is 0.734. The number of anilines is 2. The van der Waals surface area contributed by atoms with Gasteiger partial charge in [0.15, 0.2) is 0 Å². The maximum atomic E-state index is 12.6. The van der Waals surface area contributed by atoms with E-state index in [2.05, 4.69) is 15.4 Å². The molecule has 0 bridgehead atoms. The van der Waals surface area contributed by atoms with Gasteiger partial charge in [0, 0.05) is 30.5 Å². The standard InChI is InChI=1S/C19H24N4O3S/c1-14-8-9-17(27(25,26)20-2)12-18(14)22-19(24)23-11-10-16(13-23)21-15-6-4-3-5-7-15/h3-9,12,16,20-21H,10-11,13H2,1-2H3,(H,22,24). The maximum absolute atomic E-state index is 12.6. The number of sulfonamides is 1. The fraction of sp³-hybridized carbons (Fsp3) is 0.316. The summed E-state index contributed by atoms with van der Waals surface area (Å²) in [5.74, 6) is 0. The van der Waals surface area contributed by atoms with Crippen molar-refractivity contribution in [2.75, 3.05) is 30.8 Å². The monoisotopic (exact) mass is 388 g/mol. The van der Waals surface area contributed by atoms with Gasteiger partial charge in [-0.05, 0) is 50.2 Å². The van der Waals surface area contributed by atoms with Crippen LogP contribution >= 0.6 is 0 Å². The van der Waals surface area contributed by atoms with E-state index in [1.54, 1.807) is 11.0 Å². The number of benzene rings is 2. The van der Waals surface area contributed by atoms with Crippen molar-refractivity contribution in [2.45, 2.75) is 24.3 Å². The van der Waals surface area contributed by atoms with Crippen LogP contribution in [0, 0.1) is 6.92 Å². The summed E-state index contributed by atoms with van der Waals surface area (Å²) >= 11 is 0. The second-order valence-corrected chi connectivity index (χ2v) is 8.44. The molecule has 2 aromatic carbocycles. The van der Waals surface area contributed by atoms with Crippen molar-refractivity contribution in [1.29, 1.82) is 0 Å². The third kappa shape index (κ3) is 4.58. The normalized spacial score (nSPS) is 17.0. The third-order valence-corrected chi connectivity index (χ3v) is 6.06. The fourth-order valence-electron chi connectivity index (χ4n) is 3.05. The summed E-state index contributed by atoms with van der Waals surface area (Å²) in [6, 6.07) is 14.5. The maximum Gasteiger partial charge on any atom is 0.321 e. The highest BCUT2D eigenvalue weighted by Gasteiger charge is 2.26. The summed E-state index contributed by atoms with van der Waals surface area (Å²) in [4.78, 5) is 14.5. The Balaban J connectivity index is 1.65. The molecule has 8 heteroatoms. The van der Waals surface area contributed by atoms with E-state index in [0.29, 0.717) is 18.8 Å². The van der Waals surface area contributed by atoms with Crippen LogP contribution in [0.15, 0.2) is 53.4 Å². The minimum atomic E-state index is -3.56. The number of likely N-dealkylation sites (tertiary alicyclic amines) is 1. The summed E-state index contributed by atoms with van der Waals surface area (Å²) in [6.45, 7) is 3.06. The summed E-state index contributed by atoms with van der Waals surface area (Å²) in [6.07, 6.45) is 0.857. The predicted octanol–water partition coefficient (Wildman–Crippen LogP) is 2.62. The summed E-state index contributed by atoms with van der Waals surface area (Å²) in [5, 5.41) is 6.27. The number of nitrogens with one attached hydrogen (secondary N) is 3. The number of hydrogen-bond donors (Lipinski definition) is 3. The first-order chi connectivity index (χ1) is 12.9. The van der Waals surface area contributed by atoms with Crippen LogP contribution in [0.1, 0.15) is 12.0 Å². The van der Waals surface area contributed by atoms with E-state index >= 15 is 0 Å². The molecule has 0 aliphatic carbocycles. The van der Waals surface area contributed by atoms with E-state index < -0.39 is 10.0 Å². The summed E-state index contributed by atoms with van der Waals surface area (Å²) in [7, 11) is -2.20. The Kier molecular flexibility index (Phi) is 5.67. The van der Waals surface area contributed by atoms with E-state index in [1.807, 2.05) is 37.3 Å². The molecule has 2 aromatic rings. The topological polar surface area (TPSA) is 90.5 Å². The van der Waals surface area contributed by atoms with E-state index in [0.717, 1.165) is 17.7 Å². The Hall–Kier alpha value is -2.58. The molecule has 1 unspecified atom stereocenters. The van der Waals surface area contributed by atoms with Crippen molar-refractivity contribution >= 4 is 27.4 Å². The smallest absolute Gasteiger partial charge is 0.321 e. The highest BCUT2D eigenvalue weighted by atomic mass is 32.2. The second kappa shape index (κ2) is 7.98. The molecule has 1 heterocycles. The summed E-state index contributed by atoms with van der Waals surface area (Å²) in [5.41, 5.74) is 2.33. The molecule has 1 fully saturated rings. The molecular formula is C19H24N4O3S. The van der Waals surface area contributed by atoms with Gasteiger partial charge >= 0.3 is 6.03 Å². The van der Waals surface area contributed by atoms with Crippen molar-refractivity contribution in [3.8, 4) is 0 Å². The number of nitrogens with zero attached hydrogens (tertiary/aromatic N) is 1. The Bertz CT molecular complexity index is 916. The van der Waals surface area contributed by atoms with Crippen LogP contribution in [0.25, 0.3) is 0 Å². The van der Waals surface area contributed by atoms with Crippen molar-refractivity contribution in [2.24, 2.45) is 0 Å². The van der Waals surface area contributed by atoms with Crippen molar-refractivity contribution in [3.63, 3.8) is 0 Å². The molecule has 7 nitrogen and oxygen atoms in total. The Labute approximate surface area is 159 Å². The van der Waals surface area contributed by atoms with Gasteiger partial charge in [-0.25, -0.2) is 17.9 Å².